The van der Waals surface area contributed by atoms with Gasteiger partial charge in [0.2, 0.25) is 0 Å². The van der Waals surface area contributed by atoms with Crippen molar-refractivity contribution in [1.82, 2.24) is 5.32 Å². The van der Waals surface area contributed by atoms with E-state index in [0.717, 1.165) is 0 Å². The molecule has 0 rings (SSSR count). The Balaban J connectivity index is 0. The van der Waals surface area contributed by atoms with Gasteiger partial charge in [-0.15, -0.1) is 6.58 Å². The summed E-state index contributed by atoms with van der Waals surface area (Å²) in [5.41, 5.74) is 0. The van der Waals surface area contributed by atoms with Crippen molar-refractivity contribution < 1.29 is 0 Å². The van der Waals surface area contributed by atoms with Crippen molar-refractivity contribution in [3.8, 4) is 0 Å². The third kappa shape index (κ3) is 9.20. The highest BCUT2D eigenvalue weighted by Gasteiger charge is 1.81. The van der Waals surface area contributed by atoms with Crippen molar-refractivity contribution in [3.05, 3.63) is 12.7 Å². The molecule has 0 saturated heterocycles. The van der Waals surface area contributed by atoms with Gasteiger partial charge in [0, 0.05) is 6.04 Å². The zero-order valence-corrected chi connectivity index (χ0v) is 6.36. The Morgan fingerprint density at radius 1 is 1.50 bits per heavy atom. The smallest absolute Gasteiger partial charge is 0.0216 e. The lowest BCUT2D eigenvalue weighted by Gasteiger charge is -1.98. The molecule has 0 aromatic carbocycles. The SMILES string of the molecule is C=C[C@H](C)NC.CC. The molecular formula is C7H17N. The molecule has 0 aliphatic heterocycles. The molecule has 0 heterocycles. The zero-order valence-electron chi connectivity index (χ0n) is 6.36. The van der Waals surface area contributed by atoms with E-state index in [4.69, 9.17) is 0 Å². The van der Waals surface area contributed by atoms with Gasteiger partial charge in [-0.25, -0.2) is 0 Å². The molecule has 0 unspecified atom stereocenters. The third-order valence-electron chi connectivity index (χ3n) is 0.809. The summed E-state index contributed by atoms with van der Waals surface area (Å²) in [6.07, 6.45) is 1.86. The minimum atomic E-state index is 0.449. The van der Waals surface area contributed by atoms with Crippen molar-refractivity contribution in [2.24, 2.45) is 0 Å². The Bertz CT molecular complexity index is 41.7. The van der Waals surface area contributed by atoms with E-state index >= 15 is 0 Å². The second-order valence-corrected chi connectivity index (χ2v) is 1.31. The number of hydrogen-bond donors (Lipinski definition) is 1. The molecule has 0 amide bonds. The topological polar surface area (TPSA) is 12.0 Å². The molecule has 0 spiro atoms. The molecular weight excluding hydrogens is 98.1 g/mol. The quantitative estimate of drug-likeness (QED) is 0.541. The Morgan fingerprint density at radius 2 is 1.88 bits per heavy atom. The first-order valence-corrected chi connectivity index (χ1v) is 3.11. The summed E-state index contributed by atoms with van der Waals surface area (Å²) in [6.45, 7) is 9.62. The van der Waals surface area contributed by atoms with Crippen molar-refractivity contribution in [2.75, 3.05) is 7.05 Å². The molecule has 0 aromatic heterocycles. The molecule has 0 fully saturated rings. The minimum Gasteiger partial charge on any atom is -0.314 e. The lowest BCUT2D eigenvalue weighted by molar-refractivity contribution is 0.730. The van der Waals surface area contributed by atoms with Crippen LogP contribution in [0, 0.1) is 0 Å². The summed E-state index contributed by atoms with van der Waals surface area (Å²) < 4.78 is 0. The molecule has 0 bridgehead atoms. The second-order valence-electron chi connectivity index (χ2n) is 1.31. The van der Waals surface area contributed by atoms with Crippen LogP contribution >= 0.6 is 0 Å². The van der Waals surface area contributed by atoms with E-state index in [1.165, 1.54) is 0 Å². The van der Waals surface area contributed by atoms with Gasteiger partial charge in [0.05, 0.1) is 0 Å². The number of rotatable bonds is 2. The van der Waals surface area contributed by atoms with Crippen LogP contribution in [0.4, 0.5) is 0 Å². The van der Waals surface area contributed by atoms with Gasteiger partial charge in [-0.3, -0.25) is 0 Å². The fraction of sp³-hybridized carbons (Fsp3) is 0.714. The fourth-order valence-corrected chi connectivity index (χ4v) is 0.118. The summed E-state index contributed by atoms with van der Waals surface area (Å²) in [6, 6.07) is 0.449. The van der Waals surface area contributed by atoms with Gasteiger partial charge in [0.15, 0.2) is 0 Å². The van der Waals surface area contributed by atoms with E-state index in [1.807, 2.05) is 33.9 Å². The summed E-state index contributed by atoms with van der Waals surface area (Å²) in [4.78, 5) is 0. The molecule has 8 heavy (non-hydrogen) atoms. The van der Waals surface area contributed by atoms with E-state index < -0.39 is 0 Å². The average Bonchev–Trinajstić information content (AvgIpc) is 1.91. The molecule has 0 aliphatic rings. The van der Waals surface area contributed by atoms with Crippen LogP contribution < -0.4 is 5.32 Å². The van der Waals surface area contributed by atoms with E-state index in [2.05, 4.69) is 11.9 Å². The number of nitrogens with one attached hydrogen (secondary N) is 1. The predicted molar refractivity (Wildman–Crippen MR) is 40.1 cm³/mol. The van der Waals surface area contributed by atoms with E-state index in [-0.39, 0.29) is 0 Å². The summed E-state index contributed by atoms with van der Waals surface area (Å²) >= 11 is 0. The molecule has 1 heteroatoms. The van der Waals surface area contributed by atoms with Crippen molar-refractivity contribution in [2.45, 2.75) is 26.8 Å². The summed E-state index contributed by atoms with van der Waals surface area (Å²) in [7, 11) is 1.91. The van der Waals surface area contributed by atoms with Gasteiger partial charge in [-0.1, -0.05) is 19.9 Å². The first-order chi connectivity index (χ1) is 3.81. The molecule has 1 N–H and O–H groups in total. The maximum atomic E-state index is 3.57. The number of likely N-dealkylation sites (N-methyl/N-ethyl adjacent to an activating group) is 1. The van der Waals surface area contributed by atoms with Crippen LogP contribution in [0.5, 0.6) is 0 Å². The van der Waals surface area contributed by atoms with E-state index in [1.54, 1.807) is 0 Å². The largest absolute Gasteiger partial charge is 0.314 e. The minimum absolute atomic E-state index is 0.449. The molecule has 0 radical (unpaired) electrons. The molecule has 1 atom stereocenters. The van der Waals surface area contributed by atoms with Crippen LogP contribution in [-0.4, -0.2) is 13.1 Å². The number of hydrogen-bond acceptors (Lipinski definition) is 1. The van der Waals surface area contributed by atoms with Gasteiger partial charge in [-0.05, 0) is 14.0 Å². The summed E-state index contributed by atoms with van der Waals surface area (Å²) in [5.74, 6) is 0. The standard InChI is InChI=1S/C5H11N.C2H6/c1-4-5(2)6-3;1-2/h4-6H,1H2,2-3H3;1-2H3/t5-;/m0./s1. The lowest BCUT2D eigenvalue weighted by atomic mass is 10.3. The highest BCUT2D eigenvalue weighted by molar-refractivity contribution is 4.79. The maximum absolute atomic E-state index is 3.57. The maximum Gasteiger partial charge on any atom is 0.0216 e. The fourth-order valence-electron chi connectivity index (χ4n) is 0.118. The van der Waals surface area contributed by atoms with Gasteiger partial charge < -0.3 is 5.32 Å². The van der Waals surface area contributed by atoms with E-state index in [9.17, 15) is 0 Å². The zero-order chi connectivity index (χ0) is 6.99. The van der Waals surface area contributed by atoms with Crippen LogP contribution in [0.3, 0.4) is 0 Å². The van der Waals surface area contributed by atoms with Gasteiger partial charge in [-0.2, -0.15) is 0 Å². The lowest BCUT2D eigenvalue weighted by Crippen LogP contribution is -2.17. The Labute approximate surface area is 52.8 Å². The van der Waals surface area contributed by atoms with Gasteiger partial charge in [0.25, 0.3) is 0 Å². The van der Waals surface area contributed by atoms with Crippen molar-refractivity contribution in [3.63, 3.8) is 0 Å². The van der Waals surface area contributed by atoms with Crippen LogP contribution in [0.1, 0.15) is 20.8 Å². The highest BCUT2D eigenvalue weighted by atomic mass is 14.8. The van der Waals surface area contributed by atoms with Crippen molar-refractivity contribution in [1.29, 1.82) is 0 Å². The molecule has 0 saturated carbocycles. The van der Waals surface area contributed by atoms with Crippen LogP contribution in [0.2, 0.25) is 0 Å². The Hall–Kier alpha value is -0.300. The van der Waals surface area contributed by atoms with Gasteiger partial charge in [0.1, 0.15) is 0 Å². The molecule has 50 valence electrons. The highest BCUT2D eigenvalue weighted by Crippen LogP contribution is 1.74. The third-order valence-corrected chi connectivity index (χ3v) is 0.809. The molecule has 0 aromatic rings. The van der Waals surface area contributed by atoms with Gasteiger partial charge >= 0.3 is 0 Å². The average molecular weight is 115 g/mol. The Morgan fingerprint density at radius 3 is 1.88 bits per heavy atom. The monoisotopic (exact) mass is 115 g/mol. The summed E-state index contributed by atoms with van der Waals surface area (Å²) in [5, 5.41) is 3.00. The first kappa shape index (κ1) is 10.6. The van der Waals surface area contributed by atoms with E-state index in [0.29, 0.717) is 6.04 Å². The Kier molecular flexibility index (Phi) is 13.1. The predicted octanol–water partition coefficient (Wildman–Crippen LogP) is 1.81. The van der Waals surface area contributed by atoms with Crippen molar-refractivity contribution >= 4 is 0 Å². The molecule has 1 nitrogen and oxygen atoms in total. The second kappa shape index (κ2) is 9.85. The van der Waals surface area contributed by atoms with Crippen LogP contribution in [0.25, 0.3) is 0 Å². The molecule has 0 aliphatic carbocycles. The van der Waals surface area contributed by atoms with Crippen LogP contribution in [-0.2, 0) is 0 Å². The normalized spacial score (nSPS) is 11.0. The first-order valence-electron chi connectivity index (χ1n) is 3.11. The van der Waals surface area contributed by atoms with Crippen LogP contribution in [0.15, 0.2) is 12.7 Å².